The Labute approximate surface area is 197 Å². The van der Waals surface area contributed by atoms with Crippen molar-refractivity contribution < 1.29 is 32.2 Å². The van der Waals surface area contributed by atoms with E-state index in [0.717, 1.165) is 29.7 Å². The van der Waals surface area contributed by atoms with E-state index >= 15 is 0 Å². The molecule has 2 aromatic rings. The lowest BCUT2D eigenvalue weighted by atomic mass is 10.0. The normalized spacial score (nSPS) is 12.6. The van der Waals surface area contributed by atoms with Gasteiger partial charge in [-0.25, -0.2) is 4.79 Å². The second kappa shape index (κ2) is 12.4. The third-order valence-electron chi connectivity index (χ3n) is 4.70. The number of ether oxygens (including phenoxy) is 2. The molecule has 1 atom stereocenters. The van der Waals surface area contributed by atoms with Crippen molar-refractivity contribution in [3.63, 3.8) is 0 Å². The predicted molar refractivity (Wildman–Crippen MR) is 124 cm³/mol. The summed E-state index contributed by atoms with van der Waals surface area (Å²) >= 11 is 0. The fourth-order valence-electron chi connectivity index (χ4n) is 3.15. The highest BCUT2D eigenvalue weighted by Crippen LogP contribution is 2.26. The number of nitrogens with one attached hydrogen (secondary N) is 2. The first-order chi connectivity index (χ1) is 15.9. The van der Waals surface area contributed by atoms with Gasteiger partial charge in [0.15, 0.2) is 0 Å². The minimum Gasteiger partial charge on any atom is -0.444 e. The number of alkyl carbamates (subject to hydrolysis) is 1. The van der Waals surface area contributed by atoms with Crippen LogP contribution in [0, 0.1) is 0 Å². The fourth-order valence-corrected chi connectivity index (χ4v) is 3.15. The zero-order valence-corrected chi connectivity index (χ0v) is 19.6. The zero-order chi connectivity index (χ0) is 25.2. The van der Waals surface area contributed by atoms with Gasteiger partial charge in [0, 0.05) is 0 Å². The lowest BCUT2D eigenvalue weighted by Crippen LogP contribution is -2.40. The SMILES string of the molecule is CC(C)(C)OC(=O)N[C@H](C=O)CCCNCCc1ccc(-c2ccc(OC(F)(F)F)cc2)cc1. The number of hydrogen-bond acceptors (Lipinski definition) is 5. The van der Waals surface area contributed by atoms with Gasteiger partial charge in [-0.15, -0.1) is 13.2 Å². The highest BCUT2D eigenvalue weighted by Gasteiger charge is 2.31. The molecule has 34 heavy (non-hydrogen) atoms. The monoisotopic (exact) mass is 480 g/mol. The summed E-state index contributed by atoms with van der Waals surface area (Å²) in [6.07, 6.45) is -2.58. The first-order valence-corrected chi connectivity index (χ1v) is 11.1. The number of aldehydes is 1. The maximum Gasteiger partial charge on any atom is 0.573 e. The summed E-state index contributed by atoms with van der Waals surface area (Å²) < 4.78 is 45.8. The summed E-state index contributed by atoms with van der Waals surface area (Å²) in [5.74, 6) is -0.251. The third kappa shape index (κ3) is 10.7. The van der Waals surface area contributed by atoms with E-state index in [1.54, 1.807) is 32.9 Å². The quantitative estimate of drug-likeness (QED) is 0.339. The van der Waals surface area contributed by atoms with Crippen LogP contribution in [0.5, 0.6) is 5.75 Å². The number of halogens is 3. The maximum atomic E-state index is 12.3. The van der Waals surface area contributed by atoms with Crippen molar-refractivity contribution in [3.8, 4) is 16.9 Å². The number of rotatable bonds is 11. The molecule has 0 aliphatic rings. The van der Waals surface area contributed by atoms with Gasteiger partial charge < -0.3 is 24.9 Å². The largest absolute Gasteiger partial charge is 0.573 e. The Hall–Kier alpha value is -3.07. The highest BCUT2D eigenvalue weighted by atomic mass is 19.4. The van der Waals surface area contributed by atoms with E-state index in [-0.39, 0.29) is 5.75 Å². The Balaban J connectivity index is 1.69. The van der Waals surface area contributed by atoms with E-state index < -0.39 is 24.1 Å². The lowest BCUT2D eigenvalue weighted by Gasteiger charge is -2.21. The topological polar surface area (TPSA) is 76.7 Å². The van der Waals surface area contributed by atoms with Gasteiger partial charge in [-0.3, -0.25) is 0 Å². The first kappa shape index (κ1) is 27.2. The third-order valence-corrected chi connectivity index (χ3v) is 4.70. The molecular weight excluding hydrogens is 449 g/mol. The lowest BCUT2D eigenvalue weighted by molar-refractivity contribution is -0.274. The van der Waals surface area contributed by atoms with Gasteiger partial charge in [-0.2, -0.15) is 0 Å². The van der Waals surface area contributed by atoms with Crippen LogP contribution < -0.4 is 15.4 Å². The molecule has 9 heteroatoms. The van der Waals surface area contributed by atoms with Crippen LogP contribution in [0.4, 0.5) is 18.0 Å². The van der Waals surface area contributed by atoms with E-state index in [1.807, 2.05) is 24.3 Å². The van der Waals surface area contributed by atoms with Crippen LogP contribution in [0.1, 0.15) is 39.2 Å². The molecule has 6 nitrogen and oxygen atoms in total. The van der Waals surface area contributed by atoms with Gasteiger partial charge >= 0.3 is 12.5 Å². The number of amides is 1. The molecule has 0 radical (unpaired) electrons. The molecule has 2 aromatic carbocycles. The standard InChI is InChI=1S/C25H31F3N2O4/c1-24(2,3)34-23(32)30-21(17-31)5-4-15-29-16-14-18-6-8-19(9-7-18)20-10-12-22(13-11-20)33-25(26,27)28/h6-13,17,21,29H,4-5,14-16H2,1-3H3,(H,30,32)/t21-/m0/s1. The molecule has 2 rings (SSSR count). The molecule has 0 saturated heterocycles. The molecule has 0 unspecified atom stereocenters. The van der Waals surface area contributed by atoms with E-state index in [1.165, 1.54) is 12.1 Å². The number of hydrogen-bond donors (Lipinski definition) is 2. The van der Waals surface area contributed by atoms with Gasteiger partial charge in [0.25, 0.3) is 0 Å². The molecule has 0 fully saturated rings. The summed E-state index contributed by atoms with van der Waals surface area (Å²) in [4.78, 5) is 22.9. The maximum absolute atomic E-state index is 12.3. The summed E-state index contributed by atoms with van der Waals surface area (Å²) in [5.41, 5.74) is 2.19. The Kier molecular flexibility index (Phi) is 9.92. The number of carbonyl (C=O) groups is 2. The van der Waals surface area contributed by atoms with Gasteiger partial charge in [0.2, 0.25) is 0 Å². The van der Waals surface area contributed by atoms with E-state index in [4.69, 9.17) is 4.74 Å². The Morgan fingerprint density at radius 3 is 2.09 bits per heavy atom. The average Bonchev–Trinajstić information content (AvgIpc) is 2.74. The molecule has 0 aliphatic heterocycles. The smallest absolute Gasteiger partial charge is 0.444 e. The second-order valence-electron chi connectivity index (χ2n) is 8.80. The van der Waals surface area contributed by atoms with E-state index in [0.29, 0.717) is 25.7 Å². The van der Waals surface area contributed by atoms with Gasteiger partial charge in [0.05, 0.1) is 6.04 Å². The van der Waals surface area contributed by atoms with Crippen molar-refractivity contribution in [3.05, 3.63) is 54.1 Å². The molecule has 186 valence electrons. The van der Waals surface area contributed by atoms with Gasteiger partial charge in [0.1, 0.15) is 17.6 Å². The van der Waals surface area contributed by atoms with Crippen LogP contribution in [-0.2, 0) is 16.0 Å². The Bertz CT molecular complexity index is 908. The molecule has 0 bridgehead atoms. The zero-order valence-electron chi connectivity index (χ0n) is 19.6. The van der Waals surface area contributed by atoms with Crippen molar-refractivity contribution in [2.75, 3.05) is 13.1 Å². The summed E-state index contributed by atoms with van der Waals surface area (Å²) in [5, 5.41) is 5.87. The van der Waals surface area contributed by atoms with Gasteiger partial charge in [-0.05, 0) is 81.9 Å². The van der Waals surface area contributed by atoms with Crippen LogP contribution in [0.15, 0.2) is 48.5 Å². The van der Waals surface area contributed by atoms with Crippen LogP contribution >= 0.6 is 0 Å². The number of carbonyl (C=O) groups excluding carboxylic acids is 2. The first-order valence-electron chi connectivity index (χ1n) is 11.1. The molecule has 0 spiro atoms. The fraction of sp³-hybridized carbons (Fsp3) is 0.440. The van der Waals surface area contributed by atoms with Crippen molar-refractivity contribution in [1.82, 2.24) is 10.6 Å². The Morgan fingerprint density at radius 2 is 1.56 bits per heavy atom. The van der Waals surface area contributed by atoms with Crippen LogP contribution in [0.25, 0.3) is 11.1 Å². The molecule has 1 amide bonds. The van der Waals surface area contributed by atoms with Crippen LogP contribution in [-0.4, -0.2) is 43.5 Å². The molecule has 0 aliphatic carbocycles. The molecule has 0 saturated carbocycles. The van der Waals surface area contributed by atoms with Gasteiger partial charge in [-0.1, -0.05) is 36.4 Å². The predicted octanol–water partition coefficient (Wildman–Crippen LogP) is 5.26. The van der Waals surface area contributed by atoms with E-state index in [9.17, 15) is 22.8 Å². The van der Waals surface area contributed by atoms with Crippen molar-refractivity contribution in [2.45, 2.75) is 58.0 Å². The Morgan fingerprint density at radius 1 is 0.971 bits per heavy atom. The second-order valence-corrected chi connectivity index (χ2v) is 8.80. The average molecular weight is 481 g/mol. The van der Waals surface area contributed by atoms with E-state index in [2.05, 4.69) is 15.4 Å². The number of alkyl halides is 3. The van der Waals surface area contributed by atoms with Crippen LogP contribution in [0.3, 0.4) is 0 Å². The minimum atomic E-state index is -4.70. The molecule has 0 heterocycles. The van der Waals surface area contributed by atoms with Crippen molar-refractivity contribution in [1.29, 1.82) is 0 Å². The molecular formula is C25H31F3N2O4. The van der Waals surface area contributed by atoms with Crippen molar-refractivity contribution >= 4 is 12.4 Å². The molecule has 0 aromatic heterocycles. The van der Waals surface area contributed by atoms with Crippen LogP contribution in [0.2, 0.25) is 0 Å². The summed E-state index contributed by atoms with van der Waals surface area (Å²) in [6.45, 7) is 6.72. The number of benzene rings is 2. The molecule has 2 N–H and O–H groups in total. The summed E-state index contributed by atoms with van der Waals surface area (Å²) in [6, 6.07) is 13.0. The summed E-state index contributed by atoms with van der Waals surface area (Å²) in [7, 11) is 0. The minimum absolute atomic E-state index is 0.251. The highest BCUT2D eigenvalue weighted by molar-refractivity contribution is 5.73. The van der Waals surface area contributed by atoms with Crippen molar-refractivity contribution in [2.24, 2.45) is 0 Å².